The summed E-state index contributed by atoms with van der Waals surface area (Å²) in [4.78, 5) is 15.1. The number of aromatic nitrogens is 4. The van der Waals surface area contributed by atoms with Gasteiger partial charge in [0.05, 0.1) is 0 Å². The minimum absolute atomic E-state index is 0.0106. The summed E-state index contributed by atoms with van der Waals surface area (Å²) in [5.41, 5.74) is 5.25. The van der Waals surface area contributed by atoms with Crippen LogP contribution in [0.4, 0.5) is 11.8 Å². The van der Waals surface area contributed by atoms with Crippen LogP contribution in [0.25, 0.3) is 0 Å². The fourth-order valence-corrected chi connectivity index (χ4v) is 0.977. The van der Waals surface area contributed by atoms with Crippen LogP contribution in [-0.4, -0.2) is 26.2 Å². The van der Waals surface area contributed by atoms with Gasteiger partial charge in [0.1, 0.15) is 5.76 Å². The Labute approximate surface area is 83.9 Å². The summed E-state index contributed by atoms with van der Waals surface area (Å²) in [7, 11) is 0. The lowest BCUT2D eigenvalue weighted by Crippen LogP contribution is -2.13. The van der Waals surface area contributed by atoms with E-state index in [9.17, 15) is 4.79 Å². The highest BCUT2D eigenvalue weighted by atomic mass is 16.5. The van der Waals surface area contributed by atoms with E-state index in [2.05, 4.69) is 25.7 Å². The molecule has 0 saturated heterocycles. The van der Waals surface area contributed by atoms with E-state index in [1.807, 2.05) is 0 Å². The second-order valence-electron chi connectivity index (χ2n) is 2.82. The molecule has 0 aliphatic heterocycles. The molecule has 0 fully saturated rings. The van der Waals surface area contributed by atoms with Crippen LogP contribution in [0.15, 0.2) is 10.6 Å². The number of nitrogens with two attached hydrogens (primary N) is 1. The molecule has 2 aromatic rings. The Hall–Kier alpha value is -2.38. The Bertz CT molecular complexity index is 487. The summed E-state index contributed by atoms with van der Waals surface area (Å²) in [5, 5.41) is 11.9. The molecule has 2 rings (SSSR count). The van der Waals surface area contributed by atoms with Crippen LogP contribution in [0.3, 0.4) is 0 Å². The Morgan fingerprint density at radius 2 is 2.47 bits per heavy atom. The number of aromatic amines is 1. The van der Waals surface area contributed by atoms with Crippen molar-refractivity contribution in [3.8, 4) is 0 Å². The highest BCUT2D eigenvalue weighted by Gasteiger charge is 2.12. The molecule has 15 heavy (non-hydrogen) atoms. The van der Waals surface area contributed by atoms with Gasteiger partial charge >= 0.3 is 0 Å². The number of hydrogen-bond donors (Lipinski definition) is 3. The quantitative estimate of drug-likeness (QED) is 0.635. The van der Waals surface area contributed by atoms with Crippen molar-refractivity contribution >= 4 is 17.7 Å². The van der Waals surface area contributed by atoms with Crippen molar-refractivity contribution in [1.29, 1.82) is 0 Å². The van der Waals surface area contributed by atoms with Crippen LogP contribution in [0.1, 0.15) is 16.4 Å². The third-order valence-electron chi connectivity index (χ3n) is 1.59. The molecule has 0 aliphatic rings. The Balaban J connectivity index is 2.10. The minimum atomic E-state index is -0.479. The van der Waals surface area contributed by atoms with Crippen LogP contribution in [-0.2, 0) is 0 Å². The SMILES string of the molecule is Cc1cc(NC(=O)c2nc(N)n[nH]2)no1. The zero-order valence-electron chi connectivity index (χ0n) is 7.81. The molecule has 8 heteroatoms. The average Bonchev–Trinajstić information content (AvgIpc) is 2.75. The molecule has 0 aliphatic carbocycles. The first kappa shape index (κ1) is 9.19. The van der Waals surface area contributed by atoms with Crippen LogP contribution >= 0.6 is 0 Å². The third kappa shape index (κ3) is 1.93. The van der Waals surface area contributed by atoms with E-state index in [1.165, 1.54) is 0 Å². The molecule has 4 N–H and O–H groups in total. The first-order chi connectivity index (χ1) is 7.15. The number of aryl methyl sites for hydroxylation is 1. The molecule has 0 bridgehead atoms. The number of anilines is 2. The van der Waals surface area contributed by atoms with Crippen molar-refractivity contribution < 1.29 is 9.32 Å². The zero-order chi connectivity index (χ0) is 10.8. The van der Waals surface area contributed by atoms with Gasteiger partial charge in [-0.25, -0.2) is 0 Å². The van der Waals surface area contributed by atoms with Gasteiger partial charge in [-0.3, -0.25) is 9.89 Å². The molecule has 78 valence electrons. The summed E-state index contributed by atoms with van der Waals surface area (Å²) in [5.74, 6) is 0.465. The van der Waals surface area contributed by atoms with Gasteiger partial charge in [0, 0.05) is 6.07 Å². The molecule has 0 radical (unpaired) electrons. The topological polar surface area (TPSA) is 123 Å². The van der Waals surface area contributed by atoms with Crippen molar-refractivity contribution in [3.05, 3.63) is 17.7 Å². The van der Waals surface area contributed by atoms with Crippen LogP contribution in [0.2, 0.25) is 0 Å². The van der Waals surface area contributed by atoms with E-state index in [4.69, 9.17) is 10.3 Å². The molecule has 2 aromatic heterocycles. The third-order valence-corrected chi connectivity index (χ3v) is 1.59. The first-order valence-corrected chi connectivity index (χ1v) is 4.07. The van der Waals surface area contributed by atoms with Crippen LogP contribution in [0.5, 0.6) is 0 Å². The normalized spacial score (nSPS) is 10.2. The van der Waals surface area contributed by atoms with Gasteiger partial charge in [-0.15, -0.1) is 5.10 Å². The summed E-state index contributed by atoms with van der Waals surface area (Å²) in [6, 6.07) is 1.58. The summed E-state index contributed by atoms with van der Waals surface area (Å²) >= 11 is 0. The van der Waals surface area contributed by atoms with Gasteiger partial charge in [-0.1, -0.05) is 5.16 Å². The monoisotopic (exact) mass is 208 g/mol. The smallest absolute Gasteiger partial charge is 0.294 e. The zero-order valence-corrected chi connectivity index (χ0v) is 7.81. The maximum atomic E-state index is 11.5. The summed E-state index contributed by atoms with van der Waals surface area (Å²) in [6.45, 7) is 1.72. The lowest BCUT2D eigenvalue weighted by molar-refractivity contribution is 0.101. The maximum Gasteiger partial charge on any atom is 0.294 e. The van der Waals surface area contributed by atoms with E-state index in [-0.39, 0.29) is 11.8 Å². The number of H-pyrrole nitrogens is 1. The molecule has 0 unspecified atom stereocenters. The van der Waals surface area contributed by atoms with Gasteiger partial charge in [0.15, 0.2) is 5.82 Å². The van der Waals surface area contributed by atoms with E-state index in [0.29, 0.717) is 11.6 Å². The molecule has 8 nitrogen and oxygen atoms in total. The molecule has 2 heterocycles. The summed E-state index contributed by atoms with van der Waals surface area (Å²) < 4.78 is 4.77. The number of nitrogens with one attached hydrogen (secondary N) is 2. The van der Waals surface area contributed by atoms with Gasteiger partial charge in [-0.2, -0.15) is 4.98 Å². The second-order valence-corrected chi connectivity index (χ2v) is 2.82. The number of hydrogen-bond acceptors (Lipinski definition) is 6. The van der Waals surface area contributed by atoms with Gasteiger partial charge in [0.2, 0.25) is 11.8 Å². The number of nitrogens with zero attached hydrogens (tertiary/aromatic N) is 3. The van der Waals surface area contributed by atoms with Crippen molar-refractivity contribution in [3.63, 3.8) is 0 Å². The number of amides is 1. The van der Waals surface area contributed by atoms with Crippen molar-refractivity contribution in [1.82, 2.24) is 20.3 Å². The molecule has 1 amide bonds. The number of carbonyl (C=O) groups excluding carboxylic acids is 1. The van der Waals surface area contributed by atoms with Crippen LogP contribution in [0, 0.1) is 6.92 Å². The van der Waals surface area contributed by atoms with E-state index in [1.54, 1.807) is 13.0 Å². The molecule has 0 saturated carbocycles. The molecular weight excluding hydrogens is 200 g/mol. The Kier molecular flexibility index (Phi) is 2.08. The maximum absolute atomic E-state index is 11.5. The highest BCUT2D eigenvalue weighted by molar-refractivity contribution is 6.00. The number of rotatable bonds is 2. The second kappa shape index (κ2) is 3.40. The Morgan fingerprint density at radius 1 is 1.67 bits per heavy atom. The minimum Gasteiger partial charge on any atom is -0.366 e. The van der Waals surface area contributed by atoms with E-state index < -0.39 is 5.91 Å². The predicted molar refractivity (Wildman–Crippen MR) is 50.0 cm³/mol. The average molecular weight is 208 g/mol. The predicted octanol–water partition coefficient (Wildman–Crippen LogP) is -0.0644. The molecule has 0 aromatic carbocycles. The van der Waals surface area contributed by atoms with Crippen molar-refractivity contribution in [2.75, 3.05) is 11.1 Å². The molecule has 0 spiro atoms. The fourth-order valence-electron chi connectivity index (χ4n) is 0.977. The Morgan fingerprint density at radius 3 is 3.00 bits per heavy atom. The van der Waals surface area contributed by atoms with E-state index >= 15 is 0 Å². The fraction of sp³-hybridized carbons (Fsp3) is 0.143. The number of carbonyl (C=O) groups is 1. The van der Waals surface area contributed by atoms with Gasteiger partial charge in [-0.05, 0) is 6.92 Å². The van der Waals surface area contributed by atoms with E-state index in [0.717, 1.165) is 0 Å². The van der Waals surface area contributed by atoms with Gasteiger partial charge in [0.25, 0.3) is 5.91 Å². The summed E-state index contributed by atoms with van der Waals surface area (Å²) in [6.07, 6.45) is 0. The molecular formula is C7H8N6O2. The standard InChI is InChI=1S/C7H8N6O2/c1-3-2-4(13-15-3)9-6(14)5-10-7(8)12-11-5/h2H,1H3,(H,9,13,14)(H3,8,10,11,12). The first-order valence-electron chi connectivity index (χ1n) is 4.07. The highest BCUT2D eigenvalue weighted by Crippen LogP contribution is 2.07. The lowest BCUT2D eigenvalue weighted by atomic mass is 10.4. The van der Waals surface area contributed by atoms with Crippen LogP contribution < -0.4 is 11.1 Å². The van der Waals surface area contributed by atoms with Crippen molar-refractivity contribution in [2.24, 2.45) is 0 Å². The lowest BCUT2D eigenvalue weighted by Gasteiger charge is -1.94. The van der Waals surface area contributed by atoms with Crippen molar-refractivity contribution in [2.45, 2.75) is 6.92 Å². The largest absolute Gasteiger partial charge is 0.366 e. The molecule has 0 atom stereocenters. The van der Waals surface area contributed by atoms with Gasteiger partial charge < -0.3 is 15.6 Å². The number of nitrogen functional groups attached to an aromatic ring is 1.